The van der Waals surface area contributed by atoms with Crippen molar-refractivity contribution in [3.63, 3.8) is 0 Å². The van der Waals surface area contributed by atoms with Gasteiger partial charge in [0.15, 0.2) is 11.6 Å². The summed E-state index contributed by atoms with van der Waals surface area (Å²) in [6.07, 6.45) is -3.84. The average molecular weight is 470 g/mol. The summed E-state index contributed by atoms with van der Waals surface area (Å²) in [6.45, 7) is 7.39. The monoisotopic (exact) mass is 469 g/mol. The number of halogens is 4. The topological polar surface area (TPSA) is 63.7 Å². The molecule has 0 aliphatic carbocycles. The number of carbonyl (C=O) groups excluding carboxylic acids is 1. The van der Waals surface area contributed by atoms with Crippen molar-refractivity contribution in [1.29, 1.82) is 0 Å². The minimum absolute atomic E-state index is 0.162. The summed E-state index contributed by atoms with van der Waals surface area (Å²) in [5, 5.41) is 5.28. The number of aromatic nitrogens is 1. The number of likely N-dealkylation sites (tertiary alicyclic amines) is 2. The van der Waals surface area contributed by atoms with E-state index < -0.39 is 23.5 Å². The van der Waals surface area contributed by atoms with Crippen LogP contribution in [0, 0.1) is 25.7 Å². The predicted octanol–water partition coefficient (Wildman–Crippen LogP) is 5.06. The van der Waals surface area contributed by atoms with E-state index in [4.69, 9.17) is 11.6 Å². The number of aryl methyl sites for hydroxylation is 2. The van der Waals surface area contributed by atoms with Crippen LogP contribution in [0.25, 0.3) is 5.32 Å². The van der Waals surface area contributed by atoms with E-state index >= 15 is 0 Å². The van der Waals surface area contributed by atoms with E-state index in [0.29, 0.717) is 24.7 Å². The fourth-order valence-corrected chi connectivity index (χ4v) is 4.71. The van der Waals surface area contributed by atoms with Crippen molar-refractivity contribution in [3.8, 4) is 0 Å². The van der Waals surface area contributed by atoms with Gasteiger partial charge < -0.3 is 19.5 Å². The molecular weight excluding hydrogens is 445 g/mol. The summed E-state index contributed by atoms with van der Waals surface area (Å²) in [7, 11) is 0. The van der Waals surface area contributed by atoms with Crippen molar-refractivity contribution in [2.75, 3.05) is 39.3 Å². The van der Waals surface area contributed by atoms with Gasteiger partial charge in [-0.1, -0.05) is 36.2 Å². The summed E-state index contributed by atoms with van der Waals surface area (Å²) in [5.74, 6) is -1.66. The highest BCUT2D eigenvalue weighted by Gasteiger charge is 2.46. The van der Waals surface area contributed by atoms with Gasteiger partial charge in [-0.2, -0.15) is 13.2 Å². The first kappa shape index (κ1) is 22.9. The molecule has 0 N–H and O–H groups in total. The highest BCUT2D eigenvalue weighted by atomic mass is 35.5. The quantitative estimate of drug-likeness (QED) is 0.554. The Morgan fingerprint density at radius 1 is 1.22 bits per heavy atom. The van der Waals surface area contributed by atoms with Crippen LogP contribution in [-0.4, -0.2) is 60.0 Å². The molecule has 6 nitrogen and oxygen atoms in total. The van der Waals surface area contributed by atoms with Crippen LogP contribution in [-0.2, 0) is 6.18 Å². The number of carbonyl (C=O) groups is 1. The Morgan fingerprint density at radius 3 is 2.53 bits per heavy atom. The smallest absolute Gasteiger partial charge is 0.452 e. The molecule has 2 saturated heterocycles. The fourth-order valence-electron chi connectivity index (χ4n) is 4.54. The number of hydrogen-bond acceptors (Lipinski definition) is 4. The second-order valence-corrected chi connectivity index (χ2v) is 8.97. The third-order valence-corrected chi connectivity index (χ3v) is 6.53. The molecule has 0 radical (unpaired) electrons. The number of fused-ring (bicyclic) bond motifs is 1. The summed E-state index contributed by atoms with van der Waals surface area (Å²) < 4.78 is 44.1. The lowest BCUT2D eigenvalue weighted by Crippen LogP contribution is -2.34. The molecule has 2 aromatic rings. The molecule has 0 spiro atoms. The van der Waals surface area contributed by atoms with Crippen molar-refractivity contribution in [3.05, 3.63) is 51.4 Å². The minimum atomic E-state index is -4.74. The number of amides is 1. The maximum absolute atomic E-state index is 13.2. The number of alkyl halides is 3. The predicted molar refractivity (Wildman–Crippen MR) is 114 cm³/mol. The van der Waals surface area contributed by atoms with Crippen LogP contribution in [0.1, 0.15) is 34.1 Å². The molecular formula is C22H25ClF3N4O2-. The Hall–Kier alpha value is -2.26. The first-order valence-corrected chi connectivity index (χ1v) is 11.0. The Kier molecular flexibility index (Phi) is 6.40. The molecule has 2 fully saturated rings. The molecule has 2 aliphatic rings. The molecule has 32 heavy (non-hydrogen) atoms. The van der Waals surface area contributed by atoms with Crippen LogP contribution in [0.4, 0.5) is 18.9 Å². The Labute approximate surface area is 189 Å². The number of nitrogens with zero attached hydrogens (tertiary/aromatic N) is 4. The van der Waals surface area contributed by atoms with E-state index in [1.54, 1.807) is 0 Å². The number of oxazole rings is 1. The number of benzene rings is 1. The Bertz CT molecular complexity index is 980. The molecule has 4 rings (SSSR count). The zero-order valence-electron chi connectivity index (χ0n) is 18.0. The zero-order chi connectivity index (χ0) is 23.0. The van der Waals surface area contributed by atoms with E-state index in [-0.39, 0.29) is 17.7 Å². The summed E-state index contributed by atoms with van der Waals surface area (Å²) in [6, 6.07) is 5.77. The largest absolute Gasteiger partial charge is 0.684 e. The lowest BCUT2D eigenvalue weighted by molar-refractivity contribution is -0.153. The average Bonchev–Trinajstić information content (AvgIpc) is 3.40. The molecule has 2 atom stereocenters. The SMILES string of the molecule is Cc1nc(C(=O)N2CC3CN(CCC[N-]c4ccc(C)c(Cl)c4)CC3C2)c(C(F)(F)F)o1. The van der Waals surface area contributed by atoms with E-state index in [9.17, 15) is 18.0 Å². The van der Waals surface area contributed by atoms with Gasteiger partial charge in [0.2, 0.25) is 5.76 Å². The molecule has 2 aliphatic heterocycles. The zero-order valence-corrected chi connectivity index (χ0v) is 18.7. The second-order valence-electron chi connectivity index (χ2n) is 8.57. The van der Waals surface area contributed by atoms with Gasteiger partial charge >= 0.3 is 6.18 Å². The maximum atomic E-state index is 13.2. The van der Waals surface area contributed by atoms with E-state index in [1.165, 1.54) is 11.8 Å². The highest BCUT2D eigenvalue weighted by Crippen LogP contribution is 2.36. The minimum Gasteiger partial charge on any atom is -0.684 e. The third kappa shape index (κ3) is 4.88. The van der Waals surface area contributed by atoms with Gasteiger partial charge in [-0.3, -0.25) is 4.79 Å². The van der Waals surface area contributed by atoms with Gasteiger partial charge in [0.25, 0.3) is 5.91 Å². The maximum Gasteiger partial charge on any atom is 0.452 e. The van der Waals surface area contributed by atoms with Crippen LogP contribution >= 0.6 is 11.6 Å². The number of rotatable bonds is 6. The normalized spacial score (nSPS) is 21.2. The Morgan fingerprint density at radius 2 is 1.91 bits per heavy atom. The van der Waals surface area contributed by atoms with Gasteiger partial charge in [0.1, 0.15) is 0 Å². The van der Waals surface area contributed by atoms with Gasteiger partial charge in [0, 0.05) is 38.1 Å². The first-order valence-electron chi connectivity index (χ1n) is 10.6. The molecule has 1 aromatic carbocycles. The summed E-state index contributed by atoms with van der Waals surface area (Å²) in [4.78, 5) is 20.2. The van der Waals surface area contributed by atoms with Crippen molar-refractivity contribution in [2.24, 2.45) is 11.8 Å². The van der Waals surface area contributed by atoms with Gasteiger partial charge in [-0.25, -0.2) is 4.98 Å². The van der Waals surface area contributed by atoms with Crippen LogP contribution < -0.4 is 0 Å². The van der Waals surface area contributed by atoms with E-state index in [2.05, 4.69) is 19.6 Å². The highest BCUT2D eigenvalue weighted by molar-refractivity contribution is 6.31. The molecule has 2 unspecified atom stereocenters. The molecule has 10 heteroatoms. The first-order chi connectivity index (χ1) is 15.1. The van der Waals surface area contributed by atoms with Crippen molar-refractivity contribution in [1.82, 2.24) is 14.8 Å². The van der Waals surface area contributed by atoms with Crippen molar-refractivity contribution < 1.29 is 22.4 Å². The molecule has 174 valence electrons. The van der Waals surface area contributed by atoms with Crippen LogP contribution in [0.5, 0.6) is 0 Å². The van der Waals surface area contributed by atoms with E-state index in [1.807, 2.05) is 25.1 Å². The number of hydrogen-bond donors (Lipinski definition) is 0. The van der Waals surface area contributed by atoms with Crippen molar-refractivity contribution >= 4 is 23.2 Å². The summed E-state index contributed by atoms with van der Waals surface area (Å²) in [5.41, 5.74) is 1.26. The van der Waals surface area contributed by atoms with Gasteiger partial charge in [-0.05, 0) is 30.9 Å². The Balaban J connectivity index is 1.25. The van der Waals surface area contributed by atoms with Crippen LogP contribution in [0.2, 0.25) is 5.02 Å². The standard InChI is InChI=1S/C22H25ClF3N4O2/c1-13-4-5-17(8-18(13)23)27-6-3-7-29-9-15-11-30(12-16(15)10-29)21(31)19-20(22(24,25)26)32-14(2)28-19/h4-5,8,15-16H,3,6-7,9-12H2,1-2H3/q-1. The molecule has 1 aromatic heterocycles. The third-order valence-electron chi connectivity index (χ3n) is 6.13. The molecule has 1 amide bonds. The summed E-state index contributed by atoms with van der Waals surface area (Å²) >= 11 is 6.13. The second kappa shape index (κ2) is 8.94. The van der Waals surface area contributed by atoms with E-state index in [0.717, 1.165) is 37.3 Å². The van der Waals surface area contributed by atoms with Gasteiger partial charge in [-0.15, -0.1) is 12.2 Å². The van der Waals surface area contributed by atoms with Crippen molar-refractivity contribution in [2.45, 2.75) is 26.4 Å². The lowest BCUT2D eigenvalue weighted by atomic mass is 10.0. The molecule has 3 heterocycles. The lowest BCUT2D eigenvalue weighted by Gasteiger charge is -2.25. The fraction of sp³-hybridized carbons (Fsp3) is 0.545. The molecule has 0 saturated carbocycles. The van der Waals surface area contributed by atoms with Crippen LogP contribution in [0.15, 0.2) is 22.6 Å². The molecule has 0 bridgehead atoms. The van der Waals surface area contributed by atoms with Gasteiger partial charge in [0.05, 0.1) is 0 Å². The van der Waals surface area contributed by atoms with Crippen LogP contribution in [0.3, 0.4) is 0 Å².